The van der Waals surface area contributed by atoms with Crippen molar-refractivity contribution in [3.8, 4) is 0 Å². The number of hydrogen-bond donors (Lipinski definition) is 2. The molecule has 0 unspecified atom stereocenters. The van der Waals surface area contributed by atoms with Crippen molar-refractivity contribution in [3.63, 3.8) is 0 Å². The molecule has 0 aromatic heterocycles. The summed E-state index contributed by atoms with van der Waals surface area (Å²) >= 11 is 0. The topological polar surface area (TPSA) is 67.4 Å². The largest absolute Gasteiger partial charge is 0.383 e. The highest BCUT2D eigenvalue weighted by Gasteiger charge is 2.13. The lowest BCUT2D eigenvalue weighted by Crippen LogP contribution is -2.46. The number of amides is 2. The molecule has 0 saturated heterocycles. The Kier molecular flexibility index (Phi) is 6.74. The van der Waals surface area contributed by atoms with Crippen LogP contribution in [0.1, 0.15) is 13.8 Å². The number of aldehydes is 1. The van der Waals surface area contributed by atoms with Gasteiger partial charge in [-0.2, -0.15) is 0 Å². The monoisotopic (exact) mass is 202 g/mol. The van der Waals surface area contributed by atoms with Crippen LogP contribution in [0.3, 0.4) is 0 Å². The minimum atomic E-state index is -0.433. The van der Waals surface area contributed by atoms with E-state index in [4.69, 9.17) is 4.74 Å². The summed E-state index contributed by atoms with van der Waals surface area (Å²) < 4.78 is 4.76. The molecule has 0 aliphatic rings. The number of ether oxygens (including phenoxy) is 1. The number of urea groups is 1. The molecule has 0 aromatic rings. The smallest absolute Gasteiger partial charge is 0.315 e. The molecule has 2 amide bonds. The zero-order valence-electron chi connectivity index (χ0n) is 8.87. The van der Waals surface area contributed by atoms with Gasteiger partial charge in [-0.3, -0.25) is 0 Å². The van der Waals surface area contributed by atoms with Gasteiger partial charge in [-0.25, -0.2) is 4.79 Å². The second-order valence-electron chi connectivity index (χ2n) is 3.30. The number of rotatable bonds is 6. The fraction of sp³-hybridized carbons (Fsp3) is 0.778. The fourth-order valence-corrected chi connectivity index (χ4v) is 0.827. The summed E-state index contributed by atoms with van der Waals surface area (Å²) in [4.78, 5) is 21.7. The highest BCUT2D eigenvalue weighted by Crippen LogP contribution is 1.97. The van der Waals surface area contributed by atoms with E-state index in [-0.39, 0.29) is 11.9 Å². The highest BCUT2D eigenvalue weighted by atomic mass is 16.5. The Labute approximate surface area is 84.2 Å². The van der Waals surface area contributed by atoms with Crippen molar-refractivity contribution in [2.75, 3.05) is 20.3 Å². The molecule has 5 heteroatoms. The summed E-state index contributed by atoms with van der Waals surface area (Å²) in [6.45, 7) is 4.63. The van der Waals surface area contributed by atoms with Crippen molar-refractivity contribution < 1.29 is 14.3 Å². The quantitative estimate of drug-likeness (QED) is 0.476. The van der Waals surface area contributed by atoms with E-state index in [9.17, 15) is 9.59 Å². The van der Waals surface area contributed by atoms with Crippen LogP contribution in [0, 0.1) is 5.92 Å². The Morgan fingerprint density at radius 3 is 2.57 bits per heavy atom. The van der Waals surface area contributed by atoms with E-state index < -0.39 is 6.04 Å². The van der Waals surface area contributed by atoms with E-state index in [0.29, 0.717) is 13.2 Å². The SMILES string of the molecule is COCCNC(=O)N[C@H](C=O)C(C)C. The van der Waals surface area contributed by atoms with Crippen LogP contribution in [-0.2, 0) is 9.53 Å². The van der Waals surface area contributed by atoms with Gasteiger partial charge in [-0.1, -0.05) is 13.8 Å². The van der Waals surface area contributed by atoms with Gasteiger partial charge in [0.25, 0.3) is 0 Å². The predicted octanol–water partition coefficient (Wildman–Crippen LogP) is 0.155. The predicted molar refractivity (Wildman–Crippen MR) is 53.1 cm³/mol. The molecule has 5 nitrogen and oxygen atoms in total. The van der Waals surface area contributed by atoms with E-state index in [1.807, 2.05) is 13.8 Å². The lowest BCUT2D eigenvalue weighted by molar-refractivity contribution is -0.110. The molecular weight excluding hydrogens is 184 g/mol. The van der Waals surface area contributed by atoms with Gasteiger partial charge in [0.1, 0.15) is 6.29 Å². The summed E-state index contributed by atoms with van der Waals surface area (Å²) in [6, 6.07) is -0.773. The van der Waals surface area contributed by atoms with Crippen molar-refractivity contribution in [2.24, 2.45) is 5.92 Å². The van der Waals surface area contributed by atoms with Crippen molar-refractivity contribution in [1.82, 2.24) is 10.6 Å². The van der Waals surface area contributed by atoms with Gasteiger partial charge in [-0.05, 0) is 5.92 Å². The van der Waals surface area contributed by atoms with Crippen molar-refractivity contribution in [2.45, 2.75) is 19.9 Å². The van der Waals surface area contributed by atoms with Gasteiger partial charge >= 0.3 is 6.03 Å². The highest BCUT2D eigenvalue weighted by molar-refractivity contribution is 5.77. The minimum absolute atomic E-state index is 0.0978. The van der Waals surface area contributed by atoms with Crippen LogP contribution in [0.25, 0.3) is 0 Å². The first-order valence-corrected chi connectivity index (χ1v) is 4.60. The second-order valence-corrected chi connectivity index (χ2v) is 3.30. The van der Waals surface area contributed by atoms with Gasteiger partial charge in [0.15, 0.2) is 0 Å². The van der Waals surface area contributed by atoms with Crippen LogP contribution < -0.4 is 10.6 Å². The summed E-state index contributed by atoms with van der Waals surface area (Å²) in [5.41, 5.74) is 0. The molecule has 0 aliphatic heterocycles. The molecule has 1 atom stereocenters. The molecule has 0 heterocycles. The van der Waals surface area contributed by atoms with Gasteiger partial charge in [0, 0.05) is 13.7 Å². The number of carbonyl (C=O) groups excluding carboxylic acids is 2. The zero-order valence-corrected chi connectivity index (χ0v) is 8.87. The third-order valence-corrected chi connectivity index (χ3v) is 1.75. The van der Waals surface area contributed by atoms with Gasteiger partial charge < -0.3 is 20.2 Å². The molecule has 0 aliphatic carbocycles. The molecule has 0 fully saturated rings. The van der Waals surface area contributed by atoms with E-state index in [2.05, 4.69) is 10.6 Å². The Morgan fingerprint density at radius 1 is 1.50 bits per heavy atom. The Hall–Kier alpha value is -1.10. The molecule has 0 bridgehead atoms. The average Bonchev–Trinajstić information content (AvgIpc) is 2.14. The fourth-order valence-electron chi connectivity index (χ4n) is 0.827. The molecule has 14 heavy (non-hydrogen) atoms. The Morgan fingerprint density at radius 2 is 2.14 bits per heavy atom. The maximum Gasteiger partial charge on any atom is 0.315 e. The molecule has 0 saturated carbocycles. The summed E-state index contributed by atoms with van der Waals surface area (Å²) in [5.74, 6) is 0.0978. The van der Waals surface area contributed by atoms with Crippen molar-refractivity contribution in [1.29, 1.82) is 0 Å². The van der Waals surface area contributed by atoms with Crippen LogP contribution in [0.5, 0.6) is 0 Å². The zero-order chi connectivity index (χ0) is 11.0. The third kappa shape index (κ3) is 5.53. The lowest BCUT2D eigenvalue weighted by Gasteiger charge is -2.16. The van der Waals surface area contributed by atoms with Crippen molar-refractivity contribution in [3.05, 3.63) is 0 Å². The summed E-state index contributed by atoms with van der Waals surface area (Å²) in [7, 11) is 1.56. The second kappa shape index (κ2) is 7.32. The molecule has 0 spiro atoms. The number of nitrogens with one attached hydrogen (secondary N) is 2. The summed E-state index contributed by atoms with van der Waals surface area (Å²) in [6.07, 6.45) is 0.737. The maximum absolute atomic E-state index is 11.2. The molecule has 2 N–H and O–H groups in total. The maximum atomic E-state index is 11.2. The third-order valence-electron chi connectivity index (χ3n) is 1.75. The van der Waals surface area contributed by atoms with E-state index in [1.54, 1.807) is 7.11 Å². The van der Waals surface area contributed by atoms with Crippen LogP contribution in [0.4, 0.5) is 4.79 Å². The van der Waals surface area contributed by atoms with E-state index in [0.717, 1.165) is 6.29 Å². The molecule has 0 radical (unpaired) electrons. The van der Waals surface area contributed by atoms with E-state index >= 15 is 0 Å². The average molecular weight is 202 g/mol. The summed E-state index contributed by atoms with van der Waals surface area (Å²) in [5, 5.41) is 5.12. The van der Waals surface area contributed by atoms with Gasteiger partial charge in [-0.15, -0.1) is 0 Å². The Bertz CT molecular complexity index is 183. The molecule has 0 aromatic carbocycles. The normalized spacial score (nSPS) is 12.3. The van der Waals surface area contributed by atoms with Crippen molar-refractivity contribution >= 4 is 12.3 Å². The minimum Gasteiger partial charge on any atom is -0.383 e. The first-order chi connectivity index (χ1) is 6.61. The van der Waals surface area contributed by atoms with Gasteiger partial charge in [0.2, 0.25) is 0 Å². The molecule has 82 valence electrons. The van der Waals surface area contributed by atoms with Crippen LogP contribution in [-0.4, -0.2) is 38.6 Å². The van der Waals surface area contributed by atoms with Crippen LogP contribution in [0.2, 0.25) is 0 Å². The number of methoxy groups -OCH3 is 1. The van der Waals surface area contributed by atoms with Crippen LogP contribution >= 0.6 is 0 Å². The van der Waals surface area contributed by atoms with Gasteiger partial charge in [0.05, 0.1) is 12.6 Å². The number of hydrogen-bond acceptors (Lipinski definition) is 3. The Balaban J connectivity index is 3.73. The number of carbonyl (C=O) groups is 2. The molecular formula is C9H18N2O3. The molecule has 0 rings (SSSR count). The van der Waals surface area contributed by atoms with Crippen LogP contribution in [0.15, 0.2) is 0 Å². The standard InChI is InChI=1S/C9H18N2O3/c1-7(2)8(6-12)11-9(13)10-4-5-14-3/h6-8H,4-5H2,1-3H3,(H2,10,11,13)/t8-/m1/s1. The lowest BCUT2D eigenvalue weighted by atomic mass is 10.1. The van der Waals surface area contributed by atoms with E-state index in [1.165, 1.54) is 0 Å². The first-order valence-electron chi connectivity index (χ1n) is 4.60. The first kappa shape index (κ1) is 12.9.